The summed E-state index contributed by atoms with van der Waals surface area (Å²) in [5, 5.41) is 10.8. The summed E-state index contributed by atoms with van der Waals surface area (Å²) in [6.07, 6.45) is 1.74. The molecule has 0 saturated carbocycles. The maximum Gasteiger partial charge on any atom is 0.271 e. The van der Waals surface area contributed by atoms with Crippen LogP contribution >= 0.6 is 0 Å². The van der Waals surface area contributed by atoms with E-state index in [1.165, 1.54) is 0 Å². The number of fused-ring (bicyclic) bond motifs is 3. The number of benzene rings is 5. The Morgan fingerprint density at radius 2 is 1.21 bits per heavy atom. The number of nitrogens with zero attached hydrogens (tertiary/aromatic N) is 1. The van der Waals surface area contributed by atoms with Gasteiger partial charge in [-0.05, 0) is 44.5 Å². The molecular weight excluding hydrogens is 356 g/mol. The molecule has 0 unspecified atom stereocenters. The van der Waals surface area contributed by atoms with E-state index >= 15 is 0 Å². The van der Waals surface area contributed by atoms with Crippen molar-refractivity contribution in [2.75, 3.05) is 0 Å². The highest BCUT2D eigenvalue weighted by atomic mass is 16.2. The lowest BCUT2D eigenvalue weighted by Gasteiger charge is -2.08. The Labute approximate surface area is 168 Å². The van der Waals surface area contributed by atoms with Gasteiger partial charge in [-0.1, -0.05) is 84.9 Å². The molecular formula is C26H18N2O. The Morgan fingerprint density at radius 3 is 1.90 bits per heavy atom. The molecule has 138 valence electrons. The van der Waals surface area contributed by atoms with Crippen LogP contribution in [-0.4, -0.2) is 12.1 Å². The van der Waals surface area contributed by atoms with Crippen LogP contribution < -0.4 is 5.43 Å². The summed E-state index contributed by atoms with van der Waals surface area (Å²) in [4.78, 5) is 12.8. The van der Waals surface area contributed by atoms with E-state index in [-0.39, 0.29) is 5.91 Å². The van der Waals surface area contributed by atoms with Crippen LogP contribution in [0.1, 0.15) is 15.9 Å². The molecule has 5 rings (SSSR count). The number of hydrogen-bond donors (Lipinski definition) is 1. The molecule has 5 aromatic carbocycles. The highest BCUT2D eigenvalue weighted by Crippen LogP contribution is 2.27. The third kappa shape index (κ3) is 3.13. The van der Waals surface area contributed by atoms with Crippen molar-refractivity contribution < 1.29 is 4.79 Å². The maximum atomic E-state index is 12.8. The van der Waals surface area contributed by atoms with E-state index in [4.69, 9.17) is 0 Å². The summed E-state index contributed by atoms with van der Waals surface area (Å²) in [6.45, 7) is 0. The monoisotopic (exact) mass is 374 g/mol. The van der Waals surface area contributed by atoms with E-state index < -0.39 is 0 Å². The molecule has 5 aromatic rings. The molecule has 0 radical (unpaired) electrons. The number of hydrazone groups is 1. The average Bonchev–Trinajstić information content (AvgIpc) is 2.78. The summed E-state index contributed by atoms with van der Waals surface area (Å²) < 4.78 is 0. The minimum absolute atomic E-state index is 0.220. The second-order valence-electron chi connectivity index (χ2n) is 6.96. The molecule has 0 bridgehead atoms. The Morgan fingerprint density at radius 1 is 0.655 bits per heavy atom. The second-order valence-corrected chi connectivity index (χ2v) is 6.96. The molecule has 3 nitrogen and oxygen atoms in total. The molecule has 0 aliphatic rings. The lowest BCUT2D eigenvalue weighted by molar-refractivity contribution is 0.0957. The molecule has 0 aliphatic heterocycles. The van der Waals surface area contributed by atoms with Gasteiger partial charge in [0.05, 0.1) is 6.21 Å². The summed E-state index contributed by atoms with van der Waals surface area (Å²) in [6, 6.07) is 32.2. The third-order valence-corrected chi connectivity index (χ3v) is 5.21. The highest BCUT2D eigenvalue weighted by Gasteiger charge is 2.09. The average molecular weight is 374 g/mol. The van der Waals surface area contributed by atoms with E-state index in [9.17, 15) is 4.79 Å². The molecule has 0 aliphatic carbocycles. The van der Waals surface area contributed by atoms with Crippen molar-refractivity contribution in [2.45, 2.75) is 0 Å². The first-order valence-corrected chi connectivity index (χ1v) is 9.53. The summed E-state index contributed by atoms with van der Waals surface area (Å²) in [5.41, 5.74) is 4.31. The number of amides is 1. The van der Waals surface area contributed by atoms with Crippen LogP contribution in [0, 0.1) is 0 Å². The zero-order valence-electron chi connectivity index (χ0n) is 15.7. The molecule has 1 amide bonds. The van der Waals surface area contributed by atoms with Gasteiger partial charge in [-0.2, -0.15) is 5.10 Å². The standard InChI is InChI=1S/C26H18N2O/c29-26(24-15-7-11-18-8-1-4-12-21(18)24)28-27-17-25-22-13-5-2-9-19(22)16-20-10-3-6-14-23(20)25/h1-17H,(H,28,29). The first-order chi connectivity index (χ1) is 14.3. The smallest absolute Gasteiger partial charge is 0.267 e. The van der Waals surface area contributed by atoms with Crippen molar-refractivity contribution in [3.05, 3.63) is 108 Å². The van der Waals surface area contributed by atoms with Crippen molar-refractivity contribution in [2.24, 2.45) is 5.10 Å². The van der Waals surface area contributed by atoms with Gasteiger partial charge in [0.25, 0.3) is 5.91 Å². The van der Waals surface area contributed by atoms with Crippen LogP contribution in [0.2, 0.25) is 0 Å². The van der Waals surface area contributed by atoms with Gasteiger partial charge in [-0.15, -0.1) is 0 Å². The van der Waals surface area contributed by atoms with Gasteiger partial charge in [-0.3, -0.25) is 4.79 Å². The third-order valence-electron chi connectivity index (χ3n) is 5.21. The van der Waals surface area contributed by atoms with Crippen molar-refractivity contribution in [1.29, 1.82) is 0 Å². The van der Waals surface area contributed by atoms with Crippen molar-refractivity contribution >= 4 is 44.4 Å². The van der Waals surface area contributed by atoms with Crippen LogP contribution in [0.3, 0.4) is 0 Å². The van der Waals surface area contributed by atoms with Gasteiger partial charge in [0.1, 0.15) is 0 Å². The first kappa shape index (κ1) is 17.1. The van der Waals surface area contributed by atoms with Gasteiger partial charge in [-0.25, -0.2) is 5.43 Å². The van der Waals surface area contributed by atoms with Crippen LogP contribution in [0.15, 0.2) is 102 Å². The van der Waals surface area contributed by atoms with Gasteiger partial charge in [0.2, 0.25) is 0 Å². The SMILES string of the molecule is O=C(NN=Cc1c2ccccc2cc2ccccc12)c1cccc2ccccc12. The van der Waals surface area contributed by atoms with Crippen LogP contribution in [0.25, 0.3) is 32.3 Å². The van der Waals surface area contributed by atoms with E-state index in [1.54, 1.807) is 6.21 Å². The second kappa shape index (κ2) is 7.21. The Hall–Kier alpha value is -3.98. The van der Waals surface area contributed by atoms with Gasteiger partial charge >= 0.3 is 0 Å². The summed E-state index contributed by atoms with van der Waals surface area (Å²) in [5.74, 6) is -0.220. The minimum atomic E-state index is -0.220. The fourth-order valence-corrected chi connectivity index (χ4v) is 3.83. The zero-order valence-corrected chi connectivity index (χ0v) is 15.7. The number of carbonyl (C=O) groups excluding carboxylic acids is 1. The molecule has 0 fully saturated rings. The van der Waals surface area contributed by atoms with Gasteiger partial charge < -0.3 is 0 Å². The van der Waals surface area contributed by atoms with Gasteiger partial charge in [0, 0.05) is 11.1 Å². The van der Waals surface area contributed by atoms with Crippen LogP contribution in [-0.2, 0) is 0 Å². The summed E-state index contributed by atoms with van der Waals surface area (Å²) in [7, 11) is 0. The first-order valence-electron chi connectivity index (χ1n) is 9.53. The number of rotatable bonds is 3. The van der Waals surface area contributed by atoms with Crippen LogP contribution in [0.4, 0.5) is 0 Å². The fraction of sp³-hybridized carbons (Fsp3) is 0. The number of nitrogens with one attached hydrogen (secondary N) is 1. The predicted octanol–water partition coefficient (Wildman–Crippen LogP) is 5.91. The Bertz CT molecular complexity index is 1340. The maximum absolute atomic E-state index is 12.8. The van der Waals surface area contributed by atoms with E-state index in [1.807, 2.05) is 66.7 Å². The largest absolute Gasteiger partial charge is 0.271 e. The Kier molecular flexibility index (Phi) is 4.26. The highest BCUT2D eigenvalue weighted by molar-refractivity contribution is 6.14. The lowest BCUT2D eigenvalue weighted by Crippen LogP contribution is -2.18. The van der Waals surface area contributed by atoms with Crippen molar-refractivity contribution in [1.82, 2.24) is 5.43 Å². The van der Waals surface area contributed by atoms with Crippen molar-refractivity contribution in [3.8, 4) is 0 Å². The molecule has 0 heterocycles. The van der Waals surface area contributed by atoms with E-state index in [0.29, 0.717) is 5.56 Å². The molecule has 0 atom stereocenters. The zero-order chi connectivity index (χ0) is 19.6. The molecule has 0 aromatic heterocycles. The predicted molar refractivity (Wildman–Crippen MR) is 120 cm³/mol. The topological polar surface area (TPSA) is 41.5 Å². The minimum Gasteiger partial charge on any atom is -0.267 e. The van der Waals surface area contributed by atoms with Crippen LogP contribution in [0.5, 0.6) is 0 Å². The fourth-order valence-electron chi connectivity index (χ4n) is 3.83. The molecule has 0 saturated heterocycles. The van der Waals surface area contributed by atoms with Crippen molar-refractivity contribution in [3.63, 3.8) is 0 Å². The molecule has 1 N–H and O–H groups in total. The Balaban J connectivity index is 1.53. The number of hydrogen-bond acceptors (Lipinski definition) is 2. The molecule has 3 heteroatoms. The summed E-state index contributed by atoms with van der Waals surface area (Å²) >= 11 is 0. The van der Waals surface area contributed by atoms with Gasteiger partial charge in [0.15, 0.2) is 0 Å². The normalized spacial score (nSPS) is 11.4. The quantitative estimate of drug-likeness (QED) is 0.238. The molecule has 29 heavy (non-hydrogen) atoms. The lowest BCUT2D eigenvalue weighted by atomic mass is 9.97. The molecule has 0 spiro atoms. The number of carbonyl (C=O) groups is 1. The van der Waals surface area contributed by atoms with E-state index in [2.05, 4.69) is 40.9 Å². The van der Waals surface area contributed by atoms with E-state index in [0.717, 1.165) is 37.9 Å².